The van der Waals surface area contributed by atoms with E-state index in [1.54, 1.807) is 0 Å². The summed E-state index contributed by atoms with van der Waals surface area (Å²) in [4.78, 5) is 16.9. The molecule has 3 atom stereocenters. The molecule has 128 valence electrons. The Morgan fingerprint density at radius 3 is 2.70 bits per heavy atom. The maximum absolute atomic E-state index is 12.5. The molecule has 1 amide bonds. The van der Waals surface area contributed by atoms with Crippen molar-refractivity contribution in [3.8, 4) is 0 Å². The Balaban J connectivity index is 2.23. The van der Waals surface area contributed by atoms with Gasteiger partial charge in [0.1, 0.15) is 0 Å². The second-order valence-corrected chi connectivity index (χ2v) is 7.69. The van der Waals surface area contributed by atoms with Crippen LogP contribution in [0.5, 0.6) is 0 Å². The standard InChI is InChI=1S/C20H32N2O/c1-6-20(4,5)18-13-15(16-10-11-22-14(3)12-16)8-9-17(18)19(23)21-7-2/h10-12,15,17-18H,6-9,13H2,1-5H3,(H,21,23). The zero-order valence-corrected chi connectivity index (χ0v) is 15.4. The van der Waals surface area contributed by atoms with Crippen molar-refractivity contribution >= 4 is 5.91 Å². The van der Waals surface area contributed by atoms with Gasteiger partial charge in [-0.3, -0.25) is 9.78 Å². The molecule has 0 aliphatic heterocycles. The van der Waals surface area contributed by atoms with Gasteiger partial charge in [0, 0.05) is 24.4 Å². The van der Waals surface area contributed by atoms with Crippen LogP contribution >= 0.6 is 0 Å². The Morgan fingerprint density at radius 1 is 1.35 bits per heavy atom. The molecule has 0 spiro atoms. The van der Waals surface area contributed by atoms with E-state index in [0.717, 1.165) is 37.9 Å². The van der Waals surface area contributed by atoms with Crippen LogP contribution in [0, 0.1) is 24.2 Å². The molecule has 1 saturated carbocycles. The summed E-state index contributed by atoms with van der Waals surface area (Å²) < 4.78 is 0. The van der Waals surface area contributed by atoms with E-state index in [9.17, 15) is 4.79 Å². The number of hydrogen-bond donors (Lipinski definition) is 1. The molecular weight excluding hydrogens is 284 g/mol. The molecule has 1 fully saturated rings. The van der Waals surface area contributed by atoms with Crippen LogP contribution in [0.15, 0.2) is 18.3 Å². The lowest BCUT2D eigenvalue weighted by Gasteiger charge is -2.44. The fourth-order valence-electron chi connectivity index (χ4n) is 4.04. The van der Waals surface area contributed by atoms with E-state index in [4.69, 9.17) is 0 Å². The van der Waals surface area contributed by atoms with Crippen LogP contribution in [0.4, 0.5) is 0 Å². The van der Waals surface area contributed by atoms with Gasteiger partial charge in [0.2, 0.25) is 5.91 Å². The number of aryl methyl sites for hydroxylation is 1. The molecule has 1 N–H and O–H groups in total. The topological polar surface area (TPSA) is 42.0 Å². The van der Waals surface area contributed by atoms with Gasteiger partial charge in [0.25, 0.3) is 0 Å². The molecule has 3 heteroatoms. The van der Waals surface area contributed by atoms with E-state index in [0.29, 0.717) is 11.8 Å². The Hall–Kier alpha value is -1.38. The van der Waals surface area contributed by atoms with Crippen molar-refractivity contribution in [2.24, 2.45) is 17.3 Å². The van der Waals surface area contributed by atoms with E-state index >= 15 is 0 Å². The van der Waals surface area contributed by atoms with Gasteiger partial charge in [-0.15, -0.1) is 0 Å². The third-order valence-corrected chi connectivity index (χ3v) is 5.85. The average Bonchev–Trinajstić information content (AvgIpc) is 2.54. The van der Waals surface area contributed by atoms with Gasteiger partial charge in [-0.25, -0.2) is 0 Å². The molecule has 3 nitrogen and oxygen atoms in total. The molecule has 1 aromatic heterocycles. The Bertz CT molecular complexity index is 538. The van der Waals surface area contributed by atoms with Crippen molar-refractivity contribution in [2.45, 2.75) is 66.2 Å². The Labute approximate surface area is 141 Å². The monoisotopic (exact) mass is 316 g/mol. The van der Waals surface area contributed by atoms with E-state index in [1.807, 2.05) is 13.1 Å². The molecule has 0 saturated heterocycles. The number of pyridine rings is 1. The van der Waals surface area contributed by atoms with Gasteiger partial charge in [-0.05, 0) is 68.1 Å². The molecular formula is C20H32N2O. The fraction of sp³-hybridized carbons (Fsp3) is 0.700. The summed E-state index contributed by atoms with van der Waals surface area (Å²) >= 11 is 0. The summed E-state index contributed by atoms with van der Waals surface area (Å²) in [6, 6.07) is 4.37. The highest BCUT2D eigenvalue weighted by molar-refractivity contribution is 5.79. The minimum absolute atomic E-state index is 0.157. The molecule has 0 bridgehead atoms. The molecule has 1 aliphatic rings. The third kappa shape index (κ3) is 4.13. The number of nitrogens with zero attached hydrogens (tertiary/aromatic N) is 1. The number of nitrogens with one attached hydrogen (secondary N) is 1. The molecule has 1 aliphatic carbocycles. The first kappa shape index (κ1) is 18.0. The maximum atomic E-state index is 12.5. The van der Waals surface area contributed by atoms with Crippen molar-refractivity contribution in [1.29, 1.82) is 0 Å². The van der Waals surface area contributed by atoms with Crippen molar-refractivity contribution in [3.63, 3.8) is 0 Å². The predicted octanol–water partition coefficient (Wildman–Crippen LogP) is 4.46. The predicted molar refractivity (Wildman–Crippen MR) is 95.3 cm³/mol. The smallest absolute Gasteiger partial charge is 0.223 e. The lowest BCUT2D eigenvalue weighted by Crippen LogP contribution is -2.43. The summed E-state index contributed by atoms with van der Waals surface area (Å²) in [5.41, 5.74) is 2.67. The van der Waals surface area contributed by atoms with Crippen molar-refractivity contribution in [3.05, 3.63) is 29.6 Å². The minimum atomic E-state index is 0.157. The molecule has 1 aromatic rings. The Kier molecular flexibility index (Phi) is 5.83. The average molecular weight is 316 g/mol. The highest BCUT2D eigenvalue weighted by Crippen LogP contribution is 2.48. The number of aromatic nitrogens is 1. The molecule has 0 radical (unpaired) electrons. The first-order valence-electron chi connectivity index (χ1n) is 9.09. The largest absolute Gasteiger partial charge is 0.356 e. The number of hydrogen-bond acceptors (Lipinski definition) is 2. The van der Waals surface area contributed by atoms with Crippen LogP contribution in [-0.4, -0.2) is 17.4 Å². The zero-order chi connectivity index (χ0) is 17.0. The summed E-state index contributed by atoms with van der Waals surface area (Å²) in [7, 11) is 0. The summed E-state index contributed by atoms with van der Waals surface area (Å²) in [6.07, 6.45) is 6.22. The minimum Gasteiger partial charge on any atom is -0.356 e. The number of amides is 1. The van der Waals surface area contributed by atoms with Crippen molar-refractivity contribution in [2.75, 3.05) is 6.54 Å². The highest BCUT2D eigenvalue weighted by atomic mass is 16.1. The zero-order valence-electron chi connectivity index (χ0n) is 15.4. The number of carbonyl (C=O) groups excluding carboxylic acids is 1. The molecule has 3 unspecified atom stereocenters. The van der Waals surface area contributed by atoms with Crippen molar-refractivity contribution < 1.29 is 4.79 Å². The van der Waals surface area contributed by atoms with Gasteiger partial charge < -0.3 is 5.32 Å². The number of carbonyl (C=O) groups is 1. The first-order valence-corrected chi connectivity index (χ1v) is 9.09. The lowest BCUT2D eigenvalue weighted by molar-refractivity contribution is -0.130. The van der Waals surface area contributed by atoms with E-state index < -0.39 is 0 Å². The van der Waals surface area contributed by atoms with Crippen molar-refractivity contribution in [1.82, 2.24) is 10.3 Å². The third-order valence-electron chi connectivity index (χ3n) is 5.85. The first-order chi connectivity index (χ1) is 10.9. The van der Waals surface area contributed by atoms with Crippen LogP contribution in [0.1, 0.15) is 70.6 Å². The lowest BCUT2D eigenvalue weighted by atomic mass is 9.61. The quantitative estimate of drug-likeness (QED) is 0.871. The summed E-state index contributed by atoms with van der Waals surface area (Å²) in [5.74, 6) is 1.40. The Morgan fingerprint density at radius 2 is 2.09 bits per heavy atom. The molecule has 1 heterocycles. The highest BCUT2D eigenvalue weighted by Gasteiger charge is 2.42. The van der Waals surface area contributed by atoms with Gasteiger partial charge >= 0.3 is 0 Å². The molecule has 2 rings (SSSR count). The van der Waals surface area contributed by atoms with Crippen LogP contribution in [0.25, 0.3) is 0 Å². The van der Waals surface area contributed by atoms with Crippen LogP contribution in [0.3, 0.4) is 0 Å². The summed E-state index contributed by atoms with van der Waals surface area (Å²) in [5, 5.41) is 3.06. The van der Waals surface area contributed by atoms with Crippen LogP contribution in [0.2, 0.25) is 0 Å². The fourth-order valence-corrected chi connectivity index (χ4v) is 4.04. The van der Waals surface area contributed by atoms with Gasteiger partial charge in [-0.1, -0.05) is 27.2 Å². The maximum Gasteiger partial charge on any atom is 0.223 e. The molecule has 0 aromatic carbocycles. The second kappa shape index (κ2) is 7.46. The second-order valence-electron chi connectivity index (χ2n) is 7.69. The summed E-state index contributed by atoms with van der Waals surface area (Å²) in [6.45, 7) is 11.7. The van der Waals surface area contributed by atoms with E-state index in [1.165, 1.54) is 5.56 Å². The van der Waals surface area contributed by atoms with Gasteiger partial charge in [0.15, 0.2) is 0 Å². The molecule has 23 heavy (non-hydrogen) atoms. The van der Waals surface area contributed by atoms with E-state index in [-0.39, 0.29) is 17.2 Å². The van der Waals surface area contributed by atoms with Gasteiger partial charge in [0.05, 0.1) is 0 Å². The van der Waals surface area contributed by atoms with Crippen LogP contribution in [-0.2, 0) is 4.79 Å². The number of rotatable bonds is 5. The van der Waals surface area contributed by atoms with Crippen LogP contribution < -0.4 is 5.32 Å². The van der Waals surface area contributed by atoms with Gasteiger partial charge in [-0.2, -0.15) is 0 Å². The van der Waals surface area contributed by atoms with E-state index in [2.05, 4.69) is 50.1 Å². The SMILES string of the molecule is CCNC(=O)C1CCC(c2ccnc(C)c2)CC1C(C)(C)CC. The normalized spacial score (nSPS) is 25.2.